The van der Waals surface area contributed by atoms with E-state index in [9.17, 15) is 9.18 Å². The van der Waals surface area contributed by atoms with E-state index in [0.29, 0.717) is 25.3 Å². The first-order valence-corrected chi connectivity index (χ1v) is 8.85. The SMILES string of the molecule is CN(CCCOc1ccc(F)cc1)C(=O)Cc1ccc2c(c1)CCC2. The predicted molar refractivity (Wildman–Crippen MR) is 96.3 cm³/mol. The van der Waals surface area contributed by atoms with Crippen molar-refractivity contribution < 1.29 is 13.9 Å². The molecular weight excluding hydrogens is 317 g/mol. The molecule has 2 aromatic rings. The zero-order chi connectivity index (χ0) is 17.6. The predicted octanol–water partition coefficient (Wildman–Crippen LogP) is 3.78. The number of nitrogens with zero attached hydrogens (tertiary/aromatic N) is 1. The van der Waals surface area contributed by atoms with E-state index in [1.165, 1.54) is 29.7 Å². The summed E-state index contributed by atoms with van der Waals surface area (Å²) in [5, 5.41) is 0. The maximum atomic E-state index is 12.8. The van der Waals surface area contributed by atoms with Crippen molar-refractivity contribution in [1.82, 2.24) is 4.90 Å². The van der Waals surface area contributed by atoms with Gasteiger partial charge in [0.2, 0.25) is 5.91 Å². The Morgan fingerprint density at radius 1 is 1.12 bits per heavy atom. The minimum Gasteiger partial charge on any atom is -0.494 e. The van der Waals surface area contributed by atoms with Gasteiger partial charge in [0.25, 0.3) is 0 Å². The van der Waals surface area contributed by atoms with Crippen LogP contribution in [0.4, 0.5) is 4.39 Å². The maximum absolute atomic E-state index is 12.8. The van der Waals surface area contributed by atoms with E-state index in [2.05, 4.69) is 18.2 Å². The second-order valence-electron chi connectivity index (χ2n) is 6.60. The van der Waals surface area contributed by atoms with E-state index in [-0.39, 0.29) is 11.7 Å². The van der Waals surface area contributed by atoms with E-state index in [0.717, 1.165) is 24.8 Å². The summed E-state index contributed by atoms with van der Waals surface area (Å²) < 4.78 is 18.4. The highest BCUT2D eigenvalue weighted by atomic mass is 19.1. The highest BCUT2D eigenvalue weighted by Gasteiger charge is 2.14. The van der Waals surface area contributed by atoms with E-state index in [1.807, 2.05) is 7.05 Å². The lowest BCUT2D eigenvalue weighted by Crippen LogP contribution is -2.30. The van der Waals surface area contributed by atoms with Gasteiger partial charge in [-0.05, 0) is 66.6 Å². The topological polar surface area (TPSA) is 29.5 Å². The van der Waals surface area contributed by atoms with E-state index in [4.69, 9.17) is 4.74 Å². The number of fused-ring (bicyclic) bond motifs is 1. The number of rotatable bonds is 7. The number of carbonyl (C=O) groups excluding carboxylic acids is 1. The Balaban J connectivity index is 1.41. The number of carbonyl (C=O) groups is 1. The number of aryl methyl sites for hydroxylation is 2. The summed E-state index contributed by atoms with van der Waals surface area (Å²) in [5.74, 6) is 0.498. The van der Waals surface area contributed by atoms with Gasteiger partial charge in [0, 0.05) is 13.6 Å². The van der Waals surface area contributed by atoms with Crippen molar-refractivity contribution in [3.8, 4) is 5.75 Å². The van der Waals surface area contributed by atoms with E-state index in [1.54, 1.807) is 17.0 Å². The lowest BCUT2D eigenvalue weighted by Gasteiger charge is -2.17. The molecule has 0 aliphatic heterocycles. The second kappa shape index (κ2) is 8.15. The molecule has 4 heteroatoms. The molecule has 0 spiro atoms. The average molecular weight is 341 g/mol. The third kappa shape index (κ3) is 4.81. The number of amides is 1. The third-order valence-electron chi connectivity index (χ3n) is 4.66. The standard InChI is InChI=1S/C21H24FNO2/c1-23(12-3-13-25-20-10-8-19(22)9-11-20)21(24)15-16-6-7-17-4-2-5-18(17)14-16/h6-11,14H,2-5,12-13,15H2,1H3. The molecule has 3 nitrogen and oxygen atoms in total. The molecule has 2 aromatic carbocycles. The monoisotopic (exact) mass is 341 g/mol. The van der Waals surface area contributed by atoms with Crippen molar-refractivity contribution in [3.63, 3.8) is 0 Å². The number of benzene rings is 2. The Morgan fingerprint density at radius 3 is 2.68 bits per heavy atom. The summed E-state index contributed by atoms with van der Waals surface area (Å²) in [7, 11) is 1.83. The molecule has 0 N–H and O–H groups in total. The first kappa shape index (κ1) is 17.5. The molecule has 0 saturated heterocycles. The molecule has 0 unspecified atom stereocenters. The van der Waals surface area contributed by atoms with Gasteiger partial charge in [0.1, 0.15) is 11.6 Å². The lowest BCUT2D eigenvalue weighted by atomic mass is 10.0. The zero-order valence-corrected chi connectivity index (χ0v) is 14.6. The van der Waals surface area contributed by atoms with Gasteiger partial charge in [-0.25, -0.2) is 4.39 Å². The average Bonchev–Trinajstić information content (AvgIpc) is 3.07. The molecule has 0 fully saturated rings. The summed E-state index contributed by atoms with van der Waals surface area (Å²) in [6, 6.07) is 12.4. The van der Waals surface area contributed by atoms with Crippen molar-refractivity contribution in [2.45, 2.75) is 32.1 Å². The second-order valence-corrected chi connectivity index (χ2v) is 6.60. The van der Waals surface area contributed by atoms with Gasteiger partial charge >= 0.3 is 0 Å². The fourth-order valence-corrected chi connectivity index (χ4v) is 3.19. The molecule has 0 heterocycles. The van der Waals surface area contributed by atoms with Gasteiger partial charge in [0.05, 0.1) is 13.0 Å². The van der Waals surface area contributed by atoms with Gasteiger partial charge in [-0.2, -0.15) is 0 Å². The molecule has 132 valence electrons. The van der Waals surface area contributed by atoms with Crippen LogP contribution < -0.4 is 4.74 Å². The van der Waals surface area contributed by atoms with Crippen LogP contribution in [0.25, 0.3) is 0 Å². The highest BCUT2D eigenvalue weighted by Crippen LogP contribution is 2.23. The summed E-state index contributed by atoms with van der Waals surface area (Å²) in [6.45, 7) is 1.15. The minimum absolute atomic E-state index is 0.125. The Bertz CT molecular complexity index is 727. The van der Waals surface area contributed by atoms with Crippen LogP contribution in [0.5, 0.6) is 5.75 Å². The van der Waals surface area contributed by atoms with Crippen molar-refractivity contribution >= 4 is 5.91 Å². The van der Waals surface area contributed by atoms with Gasteiger partial charge < -0.3 is 9.64 Å². The van der Waals surface area contributed by atoms with Gasteiger partial charge in [-0.15, -0.1) is 0 Å². The molecule has 0 radical (unpaired) electrons. The summed E-state index contributed by atoms with van der Waals surface area (Å²) in [4.78, 5) is 14.1. The van der Waals surface area contributed by atoms with E-state index < -0.39 is 0 Å². The van der Waals surface area contributed by atoms with Crippen LogP contribution in [0, 0.1) is 5.82 Å². The summed E-state index contributed by atoms with van der Waals surface area (Å²) in [5.41, 5.74) is 3.93. The van der Waals surface area contributed by atoms with Crippen molar-refractivity contribution in [3.05, 3.63) is 65.0 Å². The smallest absolute Gasteiger partial charge is 0.226 e. The van der Waals surface area contributed by atoms with Crippen LogP contribution >= 0.6 is 0 Å². The largest absolute Gasteiger partial charge is 0.494 e. The zero-order valence-electron chi connectivity index (χ0n) is 14.6. The molecular formula is C21H24FNO2. The Labute approximate surface area is 148 Å². The van der Waals surface area contributed by atoms with Crippen LogP contribution in [0.15, 0.2) is 42.5 Å². The summed E-state index contributed by atoms with van der Waals surface area (Å²) in [6.07, 6.45) is 4.71. The highest BCUT2D eigenvalue weighted by molar-refractivity contribution is 5.78. The number of ether oxygens (including phenoxy) is 1. The quantitative estimate of drug-likeness (QED) is 0.717. The first-order valence-electron chi connectivity index (χ1n) is 8.85. The van der Waals surface area contributed by atoms with Crippen LogP contribution in [0.1, 0.15) is 29.5 Å². The van der Waals surface area contributed by atoms with E-state index >= 15 is 0 Å². The fraction of sp³-hybridized carbons (Fsp3) is 0.381. The number of hydrogen-bond acceptors (Lipinski definition) is 2. The molecule has 0 aromatic heterocycles. The molecule has 1 amide bonds. The minimum atomic E-state index is -0.274. The molecule has 25 heavy (non-hydrogen) atoms. The van der Waals surface area contributed by atoms with Crippen LogP contribution in [0.3, 0.4) is 0 Å². The number of likely N-dealkylation sites (N-methyl/N-ethyl adjacent to an activating group) is 1. The van der Waals surface area contributed by atoms with Crippen LogP contribution in [-0.4, -0.2) is 31.0 Å². The normalized spacial score (nSPS) is 12.7. The van der Waals surface area contributed by atoms with Gasteiger partial charge in [-0.3, -0.25) is 4.79 Å². The lowest BCUT2D eigenvalue weighted by molar-refractivity contribution is -0.129. The van der Waals surface area contributed by atoms with Crippen molar-refractivity contribution in [2.75, 3.05) is 20.2 Å². The number of halogens is 1. The first-order chi connectivity index (χ1) is 12.1. The third-order valence-corrected chi connectivity index (χ3v) is 4.66. The molecule has 0 atom stereocenters. The molecule has 0 saturated carbocycles. The molecule has 1 aliphatic rings. The van der Waals surface area contributed by atoms with Crippen LogP contribution in [-0.2, 0) is 24.1 Å². The van der Waals surface area contributed by atoms with Gasteiger partial charge in [-0.1, -0.05) is 18.2 Å². The summed E-state index contributed by atoms with van der Waals surface area (Å²) >= 11 is 0. The number of hydrogen-bond donors (Lipinski definition) is 0. The maximum Gasteiger partial charge on any atom is 0.226 e. The van der Waals surface area contributed by atoms with Crippen molar-refractivity contribution in [2.24, 2.45) is 0 Å². The fourth-order valence-electron chi connectivity index (χ4n) is 3.19. The Hall–Kier alpha value is -2.36. The molecule has 3 rings (SSSR count). The van der Waals surface area contributed by atoms with Crippen molar-refractivity contribution in [1.29, 1.82) is 0 Å². The Kier molecular flexibility index (Phi) is 5.69. The van der Waals surface area contributed by atoms with Gasteiger partial charge in [0.15, 0.2) is 0 Å². The Morgan fingerprint density at radius 2 is 1.88 bits per heavy atom. The van der Waals surface area contributed by atoms with Crippen LogP contribution in [0.2, 0.25) is 0 Å². The molecule has 1 aliphatic carbocycles. The molecule has 0 bridgehead atoms.